The number of aromatic nitrogens is 1. The second kappa shape index (κ2) is 6.88. The topological polar surface area (TPSA) is 63.7 Å². The van der Waals surface area contributed by atoms with E-state index in [0.29, 0.717) is 0 Å². The predicted molar refractivity (Wildman–Crippen MR) is 77.1 cm³/mol. The molecule has 2 rings (SSSR count). The molecule has 0 aromatic carbocycles. The van der Waals surface area contributed by atoms with E-state index in [1.54, 1.807) is 0 Å². The van der Waals surface area contributed by atoms with E-state index in [-0.39, 0.29) is 18.6 Å². The van der Waals surface area contributed by atoms with Crippen molar-refractivity contribution in [3.63, 3.8) is 0 Å². The van der Waals surface area contributed by atoms with Gasteiger partial charge in [0.1, 0.15) is 0 Å². The first kappa shape index (κ1) is 15.0. The first-order valence-electron chi connectivity index (χ1n) is 6.95. The molecule has 1 unspecified atom stereocenters. The average Bonchev–Trinajstić information content (AvgIpc) is 2.74. The summed E-state index contributed by atoms with van der Waals surface area (Å²) >= 11 is 0. The third kappa shape index (κ3) is 4.33. The van der Waals surface area contributed by atoms with Gasteiger partial charge in [0.15, 0.2) is 0 Å². The lowest BCUT2D eigenvalue weighted by molar-refractivity contribution is -0.119. The van der Waals surface area contributed by atoms with Crippen molar-refractivity contribution in [1.82, 2.24) is 14.4 Å². The van der Waals surface area contributed by atoms with E-state index in [0.717, 1.165) is 32.8 Å². The molecule has 1 saturated heterocycles. The van der Waals surface area contributed by atoms with Crippen molar-refractivity contribution in [1.29, 1.82) is 0 Å². The summed E-state index contributed by atoms with van der Waals surface area (Å²) in [6.45, 7) is 4.50. The van der Waals surface area contributed by atoms with Gasteiger partial charge in [-0.2, -0.15) is 0 Å². The Labute approximate surface area is 120 Å². The highest BCUT2D eigenvalue weighted by atomic mass is 16.5. The number of rotatable bonds is 6. The fourth-order valence-corrected chi connectivity index (χ4v) is 2.60. The zero-order valence-corrected chi connectivity index (χ0v) is 12.3. The molecule has 1 atom stereocenters. The SMILES string of the molecule is CN(CC(N)=O)CC1CN(Cc2cccn2C)CCO1. The Morgan fingerprint density at radius 3 is 3.05 bits per heavy atom. The molecule has 2 N–H and O–H groups in total. The molecule has 112 valence electrons. The van der Waals surface area contributed by atoms with Crippen LogP contribution in [0.25, 0.3) is 0 Å². The fourth-order valence-electron chi connectivity index (χ4n) is 2.60. The molecule has 1 amide bonds. The third-order valence-electron chi connectivity index (χ3n) is 3.60. The van der Waals surface area contributed by atoms with Gasteiger partial charge in [-0.05, 0) is 19.2 Å². The summed E-state index contributed by atoms with van der Waals surface area (Å²) in [5.41, 5.74) is 6.50. The summed E-state index contributed by atoms with van der Waals surface area (Å²) in [4.78, 5) is 15.2. The van der Waals surface area contributed by atoms with E-state index in [4.69, 9.17) is 10.5 Å². The Kier molecular flexibility index (Phi) is 5.17. The maximum Gasteiger partial charge on any atom is 0.231 e. The lowest BCUT2D eigenvalue weighted by Crippen LogP contribution is -2.47. The summed E-state index contributed by atoms with van der Waals surface area (Å²) in [6.07, 6.45) is 2.20. The Bertz CT molecular complexity index is 446. The molecule has 1 aromatic rings. The Balaban J connectivity index is 1.82. The lowest BCUT2D eigenvalue weighted by Gasteiger charge is -2.34. The van der Waals surface area contributed by atoms with Gasteiger partial charge in [0.25, 0.3) is 0 Å². The number of primary amides is 1. The summed E-state index contributed by atoms with van der Waals surface area (Å²) in [6, 6.07) is 4.21. The van der Waals surface area contributed by atoms with Crippen LogP contribution in [-0.4, -0.2) is 66.2 Å². The monoisotopic (exact) mass is 280 g/mol. The standard InChI is InChI=1S/C14H24N4O2/c1-16(11-14(15)19)9-13-10-18(6-7-20-13)8-12-4-3-5-17(12)2/h3-5,13H,6-11H2,1-2H3,(H2,15,19). The molecule has 2 heterocycles. The van der Waals surface area contributed by atoms with Crippen LogP contribution in [0, 0.1) is 0 Å². The Morgan fingerprint density at radius 1 is 1.60 bits per heavy atom. The van der Waals surface area contributed by atoms with Gasteiger partial charge in [0.05, 0.1) is 19.3 Å². The molecule has 6 nitrogen and oxygen atoms in total. The van der Waals surface area contributed by atoms with Crippen LogP contribution >= 0.6 is 0 Å². The first-order valence-corrected chi connectivity index (χ1v) is 6.95. The van der Waals surface area contributed by atoms with E-state index in [2.05, 4.69) is 34.8 Å². The summed E-state index contributed by atoms with van der Waals surface area (Å²) in [5, 5.41) is 0. The molecule has 0 spiro atoms. The molecule has 6 heteroatoms. The number of likely N-dealkylation sites (N-methyl/N-ethyl adjacent to an activating group) is 1. The maximum atomic E-state index is 10.9. The first-order chi connectivity index (χ1) is 9.54. The third-order valence-corrected chi connectivity index (χ3v) is 3.60. The quantitative estimate of drug-likeness (QED) is 0.773. The van der Waals surface area contributed by atoms with Gasteiger partial charge in [-0.3, -0.25) is 14.6 Å². The van der Waals surface area contributed by atoms with Gasteiger partial charge in [-0.25, -0.2) is 0 Å². The van der Waals surface area contributed by atoms with Crippen molar-refractivity contribution in [2.24, 2.45) is 12.8 Å². The summed E-state index contributed by atoms with van der Waals surface area (Å²) in [7, 11) is 3.96. The highest BCUT2D eigenvalue weighted by Gasteiger charge is 2.22. The van der Waals surface area contributed by atoms with Crippen LogP contribution in [0.2, 0.25) is 0 Å². The van der Waals surface area contributed by atoms with Gasteiger partial charge in [-0.1, -0.05) is 0 Å². The Hall–Kier alpha value is -1.37. The van der Waals surface area contributed by atoms with E-state index < -0.39 is 0 Å². The smallest absolute Gasteiger partial charge is 0.231 e. The number of amides is 1. The maximum absolute atomic E-state index is 10.9. The van der Waals surface area contributed by atoms with Crippen molar-refractivity contribution in [2.75, 3.05) is 39.8 Å². The molecule has 1 aromatic heterocycles. The fraction of sp³-hybridized carbons (Fsp3) is 0.643. The summed E-state index contributed by atoms with van der Waals surface area (Å²) in [5.74, 6) is -0.302. The normalized spacial score (nSPS) is 20.4. The van der Waals surface area contributed by atoms with Gasteiger partial charge in [-0.15, -0.1) is 0 Å². The van der Waals surface area contributed by atoms with Crippen molar-refractivity contribution in [3.05, 3.63) is 24.0 Å². The van der Waals surface area contributed by atoms with Crippen molar-refractivity contribution in [3.8, 4) is 0 Å². The minimum atomic E-state index is -0.302. The minimum absolute atomic E-state index is 0.133. The van der Waals surface area contributed by atoms with Crippen molar-refractivity contribution < 1.29 is 9.53 Å². The second-order valence-electron chi connectivity index (χ2n) is 5.50. The number of nitrogens with zero attached hydrogens (tertiary/aromatic N) is 3. The van der Waals surface area contributed by atoms with Gasteiger partial charge >= 0.3 is 0 Å². The number of morpholine rings is 1. The van der Waals surface area contributed by atoms with Crippen LogP contribution in [0.1, 0.15) is 5.69 Å². The van der Waals surface area contributed by atoms with E-state index in [1.165, 1.54) is 5.69 Å². The van der Waals surface area contributed by atoms with Crippen molar-refractivity contribution in [2.45, 2.75) is 12.6 Å². The minimum Gasteiger partial charge on any atom is -0.374 e. The number of ether oxygens (including phenoxy) is 1. The highest BCUT2D eigenvalue weighted by Crippen LogP contribution is 2.11. The molecule has 20 heavy (non-hydrogen) atoms. The van der Waals surface area contributed by atoms with E-state index in [1.807, 2.05) is 11.9 Å². The van der Waals surface area contributed by atoms with Gasteiger partial charge in [0, 0.05) is 45.1 Å². The molecular formula is C14H24N4O2. The lowest BCUT2D eigenvalue weighted by atomic mass is 10.2. The number of nitrogens with two attached hydrogens (primary N) is 1. The zero-order chi connectivity index (χ0) is 14.5. The number of carbonyl (C=O) groups excluding carboxylic acids is 1. The van der Waals surface area contributed by atoms with Crippen molar-refractivity contribution >= 4 is 5.91 Å². The van der Waals surface area contributed by atoms with Crippen LogP contribution in [-0.2, 0) is 23.1 Å². The van der Waals surface area contributed by atoms with Gasteiger partial charge < -0.3 is 15.0 Å². The number of aryl methyl sites for hydroxylation is 1. The van der Waals surface area contributed by atoms with E-state index >= 15 is 0 Å². The molecule has 0 bridgehead atoms. The Morgan fingerprint density at radius 2 is 2.40 bits per heavy atom. The van der Waals surface area contributed by atoms with Crippen LogP contribution in [0.5, 0.6) is 0 Å². The van der Waals surface area contributed by atoms with Crippen LogP contribution in [0.15, 0.2) is 18.3 Å². The number of hydrogen-bond acceptors (Lipinski definition) is 4. The number of hydrogen-bond donors (Lipinski definition) is 1. The molecule has 1 aliphatic heterocycles. The summed E-state index contributed by atoms with van der Waals surface area (Å²) < 4.78 is 7.91. The zero-order valence-electron chi connectivity index (χ0n) is 12.3. The number of carbonyl (C=O) groups is 1. The molecule has 0 aliphatic carbocycles. The molecule has 1 aliphatic rings. The molecular weight excluding hydrogens is 256 g/mol. The second-order valence-corrected chi connectivity index (χ2v) is 5.50. The highest BCUT2D eigenvalue weighted by molar-refractivity contribution is 5.75. The largest absolute Gasteiger partial charge is 0.374 e. The van der Waals surface area contributed by atoms with E-state index in [9.17, 15) is 4.79 Å². The predicted octanol–water partition coefficient (Wildman–Crippen LogP) is -0.357. The van der Waals surface area contributed by atoms with Crippen LogP contribution in [0.4, 0.5) is 0 Å². The molecule has 0 radical (unpaired) electrons. The molecule has 0 saturated carbocycles. The average molecular weight is 280 g/mol. The van der Waals surface area contributed by atoms with Crippen LogP contribution in [0.3, 0.4) is 0 Å². The van der Waals surface area contributed by atoms with Crippen LogP contribution < -0.4 is 5.73 Å². The molecule has 1 fully saturated rings. The van der Waals surface area contributed by atoms with Gasteiger partial charge in [0.2, 0.25) is 5.91 Å².